The molecule has 8 aromatic rings. The first-order chi connectivity index (χ1) is 25.6. The van der Waals surface area contributed by atoms with Crippen LogP contribution in [0.3, 0.4) is 0 Å². The number of halogens is 4. The van der Waals surface area contributed by atoms with Crippen molar-refractivity contribution in [1.29, 1.82) is 0 Å². The summed E-state index contributed by atoms with van der Waals surface area (Å²) in [5.74, 6) is 0. The second-order valence-electron chi connectivity index (χ2n) is 12.3. The Labute approximate surface area is 358 Å². The average Bonchev–Trinajstić information content (AvgIpc) is 3.23. The van der Waals surface area contributed by atoms with Gasteiger partial charge in [-0.15, -0.1) is 0 Å². The zero-order chi connectivity index (χ0) is 35.6. The quantitative estimate of drug-likeness (QED) is 0.160. The van der Waals surface area contributed by atoms with Gasteiger partial charge in [0.25, 0.3) is 0 Å². The Morgan fingerprint density at radius 2 is 0.370 bits per heavy atom. The highest BCUT2D eigenvalue weighted by atomic mass is 127. The number of benzene rings is 8. The zero-order valence-corrected chi connectivity index (χ0v) is 36.4. The summed E-state index contributed by atoms with van der Waals surface area (Å²) >= 11 is 12.4. The molecule has 0 N–H and O–H groups in total. The molecule has 0 nitrogen and oxygen atoms in total. The van der Waals surface area contributed by atoms with Crippen molar-refractivity contribution in [3.63, 3.8) is 0 Å². The van der Waals surface area contributed by atoms with Crippen LogP contribution in [0.5, 0.6) is 0 Å². The van der Waals surface area contributed by atoms with E-state index in [1.54, 1.807) is 0 Å². The van der Waals surface area contributed by atoms with Gasteiger partial charge in [0.2, 0.25) is 0 Å². The SMILES string of the molecule is Clc1ccc([P+](c2ccccc2)(c2ccccc2)c2ccccc2)cc1.Clc1ccc([P+](c2ccccc2)(c2ccccc2)c2ccccc2)cc1.[Br-].[I-]. The first-order valence-corrected chi connectivity index (χ1v) is 21.6. The Morgan fingerprint density at radius 3 is 0.537 bits per heavy atom. The van der Waals surface area contributed by atoms with Crippen molar-refractivity contribution in [3.8, 4) is 0 Å². The molecule has 8 aromatic carbocycles. The largest absolute Gasteiger partial charge is 1.00 e. The number of rotatable bonds is 8. The third-order valence-corrected chi connectivity index (χ3v) is 18.4. The van der Waals surface area contributed by atoms with Gasteiger partial charge >= 0.3 is 0 Å². The van der Waals surface area contributed by atoms with Crippen LogP contribution in [0.25, 0.3) is 0 Å². The van der Waals surface area contributed by atoms with Crippen LogP contribution in [-0.4, -0.2) is 0 Å². The molecule has 0 spiro atoms. The maximum atomic E-state index is 6.21. The van der Waals surface area contributed by atoms with Crippen molar-refractivity contribution < 1.29 is 41.0 Å². The fraction of sp³-hybridized carbons (Fsp3) is 0. The van der Waals surface area contributed by atoms with E-state index in [1.807, 2.05) is 24.3 Å². The van der Waals surface area contributed by atoms with E-state index in [0.717, 1.165) is 10.0 Å². The fourth-order valence-electron chi connectivity index (χ4n) is 7.03. The summed E-state index contributed by atoms with van der Waals surface area (Å²) in [4.78, 5) is 0. The van der Waals surface area contributed by atoms with Gasteiger partial charge in [-0.25, -0.2) is 0 Å². The smallest absolute Gasteiger partial charge is 0.144 e. The van der Waals surface area contributed by atoms with Crippen molar-refractivity contribution in [2.45, 2.75) is 0 Å². The monoisotopic (exact) mass is 952 g/mol. The minimum Gasteiger partial charge on any atom is -1.00 e. The minimum absolute atomic E-state index is 0. The maximum Gasteiger partial charge on any atom is 0.144 e. The van der Waals surface area contributed by atoms with Gasteiger partial charge in [0.05, 0.1) is 0 Å². The summed E-state index contributed by atoms with van der Waals surface area (Å²) in [6.45, 7) is 0. The van der Waals surface area contributed by atoms with Crippen LogP contribution in [0.1, 0.15) is 0 Å². The van der Waals surface area contributed by atoms with Crippen LogP contribution in [0.4, 0.5) is 0 Å². The van der Waals surface area contributed by atoms with Crippen LogP contribution in [0, 0.1) is 0 Å². The first-order valence-electron chi connectivity index (χ1n) is 17.3. The third kappa shape index (κ3) is 8.61. The van der Waals surface area contributed by atoms with Gasteiger partial charge in [-0.05, 0) is 121 Å². The Morgan fingerprint density at radius 1 is 0.222 bits per heavy atom. The number of hydrogen-bond donors (Lipinski definition) is 0. The van der Waals surface area contributed by atoms with E-state index in [4.69, 9.17) is 23.2 Å². The van der Waals surface area contributed by atoms with Crippen LogP contribution in [0.2, 0.25) is 10.0 Å². The lowest BCUT2D eigenvalue weighted by molar-refractivity contribution is -0.00100. The van der Waals surface area contributed by atoms with E-state index < -0.39 is 14.5 Å². The molecule has 0 fully saturated rings. The Balaban J connectivity index is 0.000000200. The van der Waals surface area contributed by atoms with Crippen molar-refractivity contribution in [2.24, 2.45) is 0 Å². The predicted molar refractivity (Wildman–Crippen MR) is 232 cm³/mol. The highest BCUT2D eigenvalue weighted by molar-refractivity contribution is 8.02. The lowest BCUT2D eigenvalue weighted by Crippen LogP contribution is -3.00. The van der Waals surface area contributed by atoms with Gasteiger partial charge in [-0.1, -0.05) is 132 Å². The molecule has 0 amide bonds. The van der Waals surface area contributed by atoms with Gasteiger partial charge in [0, 0.05) is 10.0 Å². The molecule has 0 saturated heterocycles. The Bertz CT molecular complexity index is 1920. The molecule has 0 bridgehead atoms. The maximum absolute atomic E-state index is 6.21. The minimum atomic E-state index is -1.98. The van der Waals surface area contributed by atoms with Crippen molar-refractivity contribution in [1.82, 2.24) is 0 Å². The standard InChI is InChI=1S/2C24H19ClP.BrH.HI/c2*25-20-16-18-24(19-17-20)26(21-10-4-1-5-11-21,22-12-6-2-7-13-22)23-14-8-3-9-15-23;;/h2*1-19H;2*1H/q2*+1;;/p-2. The molecule has 54 heavy (non-hydrogen) atoms. The molecule has 0 aliphatic heterocycles. The van der Waals surface area contributed by atoms with Crippen LogP contribution in [0.15, 0.2) is 231 Å². The van der Waals surface area contributed by atoms with Crippen molar-refractivity contribution in [3.05, 3.63) is 241 Å². The summed E-state index contributed by atoms with van der Waals surface area (Å²) in [7, 11) is -3.97. The molecular formula is C48H38BrCl2IP2. The highest BCUT2D eigenvalue weighted by Crippen LogP contribution is 2.55. The zero-order valence-electron chi connectivity index (χ0n) is 29.3. The molecule has 0 unspecified atom stereocenters. The summed E-state index contributed by atoms with van der Waals surface area (Å²) in [5.41, 5.74) is 0. The third-order valence-electron chi connectivity index (χ3n) is 9.29. The van der Waals surface area contributed by atoms with Gasteiger partial charge in [-0.3, -0.25) is 0 Å². The van der Waals surface area contributed by atoms with Gasteiger partial charge in [0.15, 0.2) is 0 Å². The Hall–Kier alpha value is -3.59. The molecule has 8 rings (SSSR count). The van der Waals surface area contributed by atoms with E-state index in [1.165, 1.54) is 42.4 Å². The molecular weight excluding hydrogens is 916 g/mol. The normalized spacial score (nSPS) is 10.9. The summed E-state index contributed by atoms with van der Waals surface area (Å²) in [6.07, 6.45) is 0. The molecule has 0 heterocycles. The van der Waals surface area contributed by atoms with Gasteiger partial charge < -0.3 is 41.0 Å². The van der Waals surface area contributed by atoms with Crippen LogP contribution < -0.4 is 83.4 Å². The summed E-state index contributed by atoms with van der Waals surface area (Å²) in [6, 6.07) is 81.8. The first kappa shape index (κ1) is 41.6. The number of hydrogen-bond acceptors (Lipinski definition) is 0. The molecule has 268 valence electrons. The lowest BCUT2D eigenvalue weighted by Gasteiger charge is -2.27. The van der Waals surface area contributed by atoms with E-state index >= 15 is 0 Å². The summed E-state index contributed by atoms with van der Waals surface area (Å²) in [5, 5.41) is 12.2. The molecule has 6 heteroatoms. The second kappa shape index (κ2) is 19.8. The summed E-state index contributed by atoms with van der Waals surface area (Å²) < 4.78 is 0. The van der Waals surface area contributed by atoms with E-state index in [-0.39, 0.29) is 41.0 Å². The molecule has 0 saturated carbocycles. The topological polar surface area (TPSA) is 0 Å². The lowest BCUT2D eigenvalue weighted by atomic mass is 10.3. The van der Waals surface area contributed by atoms with Crippen LogP contribution >= 0.6 is 37.7 Å². The van der Waals surface area contributed by atoms with Crippen LogP contribution in [-0.2, 0) is 0 Å². The average molecular weight is 954 g/mol. The van der Waals surface area contributed by atoms with Gasteiger partial charge in [0.1, 0.15) is 57.0 Å². The van der Waals surface area contributed by atoms with E-state index in [2.05, 4.69) is 206 Å². The molecule has 0 aromatic heterocycles. The molecule has 0 radical (unpaired) electrons. The van der Waals surface area contributed by atoms with E-state index in [9.17, 15) is 0 Å². The predicted octanol–water partition coefficient (Wildman–Crippen LogP) is 3.93. The molecule has 0 aliphatic rings. The van der Waals surface area contributed by atoms with E-state index in [0.29, 0.717) is 0 Å². The fourth-order valence-corrected chi connectivity index (χ4v) is 15.8. The van der Waals surface area contributed by atoms with Crippen molar-refractivity contribution in [2.75, 3.05) is 0 Å². The molecule has 0 atom stereocenters. The second-order valence-corrected chi connectivity index (χ2v) is 20.0. The Kier molecular flexibility index (Phi) is 15.3. The van der Waals surface area contributed by atoms with Gasteiger partial charge in [-0.2, -0.15) is 0 Å². The van der Waals surface area contributed by atoms with Crippen molar-refractivity contribution >= 4 is 80.2 Å². The highest BCUT2D eigenvalue weighted by Gasteiger charge is 2.48. The molecule has 0 aliphatic carbocycles.